The van der Waals surface area contributed by atoms with E-state index in [0.29, 0.717) is 10.1 Å². The van der Waals surface area contributed by atoms with Crippen LogP contribution < -0.4 is 108 Å². The molecular formula is C26H35K2Si+. The third-order valence-electron chi connectivity index (χ3n) is 3.90. The van der Waals surface area contributed by atoms with Gasteiger partial charge >= 0.3 is 103 Å². The Kier molecular flexibility index (Phi) is 19.7. The maximum absolute atomic E-state index is 2.37. The summed E-state index contributed by atoms with van der Waals surface area (Å²) in [5.41, 5.74) is 0. The molecule has 0 N–H and O–H groups in total. The van der Waals surface area contributed by atoms with E-state index < -0.39 is 8.80 Å². The molecule has 0 aliphatic rings. The van der Waals surface area contributed by atoms with Crippen LogP contribution in [-0.2, 0) is 0 Å². The Labute approximate surface area is 266 Å². The first-order chi connectivity index (χ1) is 12.7. The van der Waals surface area contributed by atoms with Crippen molar-refractivity contribution in [3.8, 4) is 0 Å². The summed E-state index contributed by atoms with van der Waals surface area (Å²) in [6, 6.07) is 35.0. The fraction of sp³-hybridized carbons (Fsp3) is 0.308. The van der Waals surface area contributed by atoms with Gasteiger partial charge in [-0.1, -0.05) is 145 Å². The molecule has 0 unspecified atom stereocenters. The van der Waals surface area contributed by atoms with E-state index in [4.69, 9.17) is 0 Å². The molecule has 0 heterocycles. The average Bonchev–Trinajstić information content (AvgIpc) is 2.64. The van der Waals surface area contributed by atoms with Gasteiger partial charge in [-0.15, -0.1) is 0 Å². The number of hydrogen-bond donors (Lipinski definition) is 0. The number of hydrogen-bond acceptors (Lipinski definition) is 0. The normalized spacial score (nSPS) is 9.86. The Bertz CT molecular complexity index is 604. The Balaban J connectivity index is 0. The standard InChI is InChI=1S/C14H23Si.2C6H6.2K/c1-13(2,3)15(14(4,5)6)12-10-8-7-9-11-12;2*1-2-4-6-5-3-1;;/h7-11H,1-6H3;2*1-6H;;/q-1;;;2*+1. The molecule has 0 saturated heterocycles. The molecule has 0 saturated carbocycles. The van der Waals surface area contributed by atoms with Crippen LogP contribution in [0.15, 0.2) is 103 Å². The largest absolute Gasteiger partial charge is 1.00 e. The van der Waals surface area contributed by atoms with E-state index in [0.717, 1.165) is 0 Å². The van der Waals surface area contributed by atoms with Crippen LogP contribution in [0.2, 0.25) is 10.1 Å². The Morgan fingerprint density at radius 1 is 0.414 bits per heavy atom. The summed E-state index contributed by atoms with van der Waals surface area (Å²) >= 11 is 0. The third-order valence-corrected chi connectivity index (χ3v) is 7.81. The molecule has 3 rings (SSSR count). The number of rotatable bonds is 1. The van der Waals surface area contributed by atoms with Crippen LogP contribution in [0.1, 0.15) is 41.5 Å². The molecule has 0 nitrogen and oxygen atoms in total. The van der Waals surface area contributed by atoms with E-state index in [2.05, 4.69) is 71.9 Å². The van der Waals surface area contributed by atoms with Crippen LogP contribution in [0.5, 0.6) is 0 Å². The van der Waals surface area contributed by atoms with Crippen LogP contribution in [0.25, 0.3) is 0 Å². The summed E-state index contributed by atoms with van der Waals surface area (Å²) in [5.74, 6) is 0. The van der Waals surface area contributed by atoms with Crippen molar-refractivity contribution >= 4 is 14.0 Å². The minimum absolute atomic E-state index is 0. The zero-order valence-electron chi connectivity index (χ0n) is 19.8. The van der Waals surface area contributed by atoms with Gasteiger partial charge in [0.05, 0.1) is 0 Å². The van der Waals surface area contributed by atoms with Crippen molar-refractivity contribution in [1.29, 1.82) is 0 Å². The van der Waals surface area contributed by atoms with Crippen LogP contribution in [-0.4, -0.2) is 8.80 Å². The van der Waals surface area contributed by atoms with Gasteiger partial charge in [-0.05, 0) is 0 Å². The summed E-state index contributed by atoms with van der Waals surface area (Å²) in [4.78, 5) is 0. The maximum Gasteiger partial charge on any atom is 1.00 e. The molecule has 0 amide bonds. The zero-order chi connectivity index (χ0) is 20.2. The van der Waals surface area contributed by atoms with Gasteiger partial charge in [0, 0.05) is 0 Å². The first-order valence-corrected chi connectivity index (χ1v) is 11.2. The summed E-state index contributed by atoms with van der Waals surface area (Å²) in [6.07, 6.45) is 0. The van der Waals surface area contributed by atoms with Crippen LogP contribution in [0.4, 0.5) is 0 Å². The second kappa shape index (κ2) is 17.7. The second-order valence-electron chi connectivity index (χ2n) is 8.55. The van der Waals surface area contributed by atoms with E-state index in [-0.39, 0.29) is 103 Å². The zero-order valence-corrected chi connectivity index (χ0v) is 27.1. The van der Waals surface area contributed by atoms with Gasteiger partial charge in [-0.3, -0.25) is 8.80 Å². The van der Waals surface area contributed by atoms with Crippen LogP contribution in [0.3, 0.4) is 0 Å². The van der Waals surface area contributed by atoms with Crippen molar-refractivity contribution in [2.75, 3.05) is 0 Å². The molecule has 3 heteroatoms. The van der Waals surface area contributed by atoms with Crippen LogP contribution in [0, 0.1) is 0 Å². The number of benzene rings is 3. The van der Waals surface area contributed by atoms with Gasteiger partial charge < -0.3 is 0 Å². The molecule has 0 aromatic heterocycles. The maximum atomic E-state index is 2.37. The molecule has 3 aromatic carbocycles. The van der Waals surface area contributed by atoms with Crippen molar-refractivity contribution in [2.45, 2.75) is 51.6 Å². The average molecular weight is 454 g/mol. The minimum Gasteiger partial charge on any atom is -0.272 e. The molecule has 0 radical (unpaired) electrons. The van der Waals surface area contributed by atoms with Gasteiger partial charge in [-0.2, -0.15) is 15.3 Å². The molecule has 0 fully saturated rings. The molecule has 0 aliphatic carbocycles. The quantitative estimate of drug-likeness (QED) is 0.488. The van der Waals surface area contributed by atoms with Gasteiger partial charge in [0.2, 0.25) is 0 Å². The first-order valence-electron chi connectivity index (χ1n) is 9.66. The fourth-order valence-corrected chi connectivity index (χ4v) is 7.87. The van der Waals surface area contributed by atoms with E-state index in [1.807, 2.05) is 72.8 Å². The molecule has 144 valence electrons. The molecule has 0 spiro atoms. The summed E-state index contributed by atoms with van der Waals surface area (Å²) in [6.45, 7) is 14.2. The molecule has 29 heavy (non-hydrogen) atoms. The van der Waals surface area contributed by atoms with Crippen molar-refractivity contribution in [3.05, 3.63) is 103 Å². The van der Waals surface area contributed by atoms with Crippen molar-refractivity contribution < 1.29 is 103 Å². The second-order valence-corrected chi connectivity index (χ2v) is 12.9. The Morgan fingerprint density at radius 3 is 0.828 bits per heavy atom. The van der Waals surface area contributed by atoms with Crippen molar-refractivity contribution in [3.63, 3.8) is 0 Å². The third kappa shape index (κ3) is 15.6. The summed E-state index contributed by atoms with van der Waals surface area (Å²) < 4.78 is 0. The molecule has 0 bridgehead atoms. The summed E-state index contributed by atoms with van der Waals surface area (Å²) in [7, 11) is -0.553. The van der Waals surface area contributed by atoms with Gasteiger partial charge in [-0.25, -0.2) is 0 Å². The Hall–Kier alpha value is 1.15. The van der Waals surface area contributed by atoms with Crippen molar-refractivity contribution in [1.82, 2.24) is 0 Å². The van der Waals surface area contributed by atoms with E-state index in [1.165, 1.54) is 0 Å². The Morgan fingerprint density at radius 2 is 0.621 bits per heavy atom. The fourth-order valence-electron chi connectivity index (χ4n) is 3.37. The molecular weight excluding hydrogens is 419 g/mol. The molecule has 3 aromatic rings. The first kappa shape index (κ1) is 32.3. The summed E-state index contributed by atoms with van der Waals surface area (Å²) in [5, 5.41) is 2.37. The minimum atomic E-state index is -0.553. The van der Waals surface area contributed by atoms with E-state index >= 15 is 0 Å². The predicted octanol–water partition coefficient (Wildman–Crippen LogP) is 1.37. The SMILES string of the molecule is CC(C)(C)[Si-](c1ccccc1)C(C)(C)C.[K+].[K+].c1ccccc1.c1ccccc1. The smallest absolute Gasteiger partial charge is 0.272 e. The van der Waals surface area contributed by atoms with Gasteiger partial charge in [0.1, 0.15) is 0 Å². The monoisotopic (exact) mass is 453 g/mol. The topological polar surface area (TPSA) is 0 Å². The van der Waals surface area contributed by atoms with E-state index in [9.17, 15) is 0 Å². The van der Waals surface area contributed by atoms with E-state index in [1.54, 1.807) is 5.19 Å². The predicted molar refractivity (Wildman–Crippen MR) is 124 cm³/mol. The van der Waals surface area contributed by atoms with Gasteiger partial charge in [0.15, 0.2) is 0 Å². The van der Waals surface area contributed by atoms with Crippen LogP contribution >= 0.6 is 0 Å². The van der Waals surface area contributed by atoms with Gasteiger partial charge in [0.25, 0.3) is 0 Å². The van der Waals surface area contributed by atoms with Crippen molar-refractivity contribution in [2.24, 2.45) is 0 Å². The molecule has 0 aliphatic heterocycles. The molecule has 0 atom stereocenters.